The molecule has 0 saturated carbocycles. The summed E-state index contributed by atoms with van der Waals surface area (Å²) >= 11 is 0. The van der Waals surface area contributed by atoms with E-state index in [0.717, 1.165) is 12.0 Å². The first-order valence-electron chi connectivity index (χ1n) is 6.93. The number of carbonyl (C=O) groups excluding carboxylic acids is 2. The van der Waals surface area contributed by atoms with Crippen molar-refractivity contribution in [2.24, 2.45) is 0 Å². The third-order valence-electron chi connectivity index (χ3n) is 4.02. The lowest BCUT2D eigenvalue weighted by molar-refractivity contribution is -0.147. The van der Waals surface area contributed by atoms with E-state index in [-0.39, 0.29) is 30.5 Å². The summed E-state index contributed by atoms with van der Waals surface area (Å²) in [7, 11) is 0. The Labute approximate surface area is 117 Å². The Balaban J connectivity index is 1.86. The van der Waals surface area contributed by atoms with Crippen LogP contribution in [0.3, 0.4) is 0 Å². The molecule has 20 heavy (non-hydrogen) atoms. The van der Waals surface area contributed by atoms with Crippen molar-refractivity contribution in [3.05, 3.63) is 35.9 Å². The van der Waals surface area contributed by atoms with Gasteiger partial charge in [0, 0.05) is 6.61 Å². The minimum absolute atomic E-state index is 0.000220. The van der Waals surface area contributed by atoms with E-state index in [1.165, 1.54) is 0 Å². The van der Waals surface area contributed by atoms with Gasteiger partial charge in [0.1, 0.15) is 12.6 Å². The molecule has 3 rings (SSSR count). The van der Waals surface area contributed by atoms with Crippen molar-refractivity contribution in [3.8, 4) is 0 Å². The largest absolute Gasteiger partial charge is 0.376 e. The zero-order valence-electron chi connectivity index (χ0n) is 11.4. The number of amides is 2. The zero-order valence-corrected chi connectivity index (χ0v) is 11.4. The van der Waals surface area contributed by atoms with E-state index in [1.807, 2.05) is 37.3 Å². The Morgan fingerprint density at radius 1 is 1.25 bits per heavy atom. The first-order chi connectivity index (χ1) is 9.66. The van der Waals surface area contributed by atoms with E-state index >= 15 is 0 Å². The molecule has 2 aliphatic heterocycles. The highest BCUT2D eigenvalue weighted by Gasteiger charge is 2.41. The maximum absolute atomic E-state index is 12.7. The van der Waals surface area contributed by atoms with Gasteiger partial charge < -0.3 is 15.0 Å². The van der Waals surface area contributed by atoms with Gasteiger partial charge in [0.05, 0.1) is 12.1 Å². The van der Waals surface area contributed by atoms with E-state index in [1.54, 1.807) is 4.90 Å². The average molecular weight is 274 g/mol. The van der Waals surface area contributed by atoms with E-state index < -0.39 is 6.04 Å². The van der Waals surface area contributed by atoms with Crippen molar-refractivity contribution in [1.29, 1.82) is 0 Å². The predicted molar refractivity (Wildman–Crippen MR) is 72.9 cm³/mol. The summed E-state index contributed by atoms with van der Waals surface area (Å²) in [5, 5.41) is 2.78. The number of rotatable bonds is 2. The third-order valence-corrected chi connectivity index (χ3v) is 4.02. The van der Waals surface area contributed by atoms with Crippen molar-refractivity contribution in [2.45, 2.75) is 31.5 Å². The number of piperazine rings is 1. The fourth-order valence-electron chi connectivity index (χ4n) is 2.95. The van der Waals surface area contributed by atoms with E-state index in [4.69, 9.17) is 4.74 Å². The van der Waals surface area contributed by atoms with Gasteiger partial charge in [-0.05, 0) is 18.9 Å². The molecule has 3 unspecified atom stereocenters. The van der Waals surface area contributed by atoms with Gasteiger partial charge in [-0.25, -0.2) is 0 Å². The van der Waals surface area contributed by atoms with E-state index in [9.17, 15) is 9.59 Å². The van der Waals surface area contributed by atoms with Crippen LogP contribution >= 0.6 is 0 Å². The van der Waals surface area contributed by atoms with Crippen LogP contribution in [0.15, 0.2) is 30.3 Å². The van der Waals surface area contributed by atoms with Gasteiger partial charge in [0.2, 0.25) is 5.91 Å². The third kappa shape index (κ3) is 2.29. The van der Waals surface area contributed by atoms with Crippen LogP contribution in [-0.2, 0) is 14.3 Å². The highest BCUT2D eigenvalue weighted by Crippen LogP contribution is 2.26. The van der Waals surface area contributed by atoms with Crippen LogP contribution in [0.25, 0.3) is 0 Å². The number of nitrogens with one attached hydrogen (secondary N) is 1. The van der Waals surface area contributed by atoms with Gasteiger partial charge in [-0.15, -0.1) is 0 Å². The molecule has 0 aromatic heterocycles. The predicted octanol–water partition coefficient (Wildman–Crippen LogP) is 0.863. The second-order valence-electron chi connectivity index (χ2n) is 5.31. The Morgan fingerprint density at radius 2 is 2.00 bits per heavy atom. The van der Waals surface area contributed by atoms with Gasteiger partial charge in [0.15, 0.2) is 0 Å². The molecule has 2 saturated heterocycles. The molecule has 2 amide bonds. The number of carbonyl (C=O) groups is 2. The first-order valence-corrected chi connectivity index (χ1v) is 6.93. The van der Waals surface area contributed by atoms with Gasteiger partial charge in [-0.3, -0.25) is 9.59 Å². The Morgan fingerprint density at radius 3 is 2.65 bits per heavy atom. The van der Waals surface area contributed by atoms with Crippen LogP contribution in [0.2, 0.25) is 0 Å². The smallest absolute Gasteiger partial charge is 0.250 e. The fourth-order valence-corrected chi connectivity index (χ4v) is 2.95. The first kappa shape index (κ1) is 13.1. The molecular formula is C15H18N2O3. The fraction of sp³-hybridized carbons (Fsp3) is 0.467. The van der Waals surface area contributed by atoms with Crippen molar-refractivity contribution in [3.63, 3.8) is 0 Å². The SMILES string of the molecule is CC1OCCC1N1CC(=O)NC(c2ccccc2)C1=O. The van der Waals surface area contributed by atoms with Crippen molar-refractivity contribution in [2.75, 3.05) is 13.2 Å². The number of nitrogens with zero attached hydrogens (tertiary/aromatic N) is 1. The van der Waals surface area contributed by atoms with Gasteiger partial charge in [-0.1, -0.05) is 30.3 Å². The molecule has 0 bridgehead atoms. The Hall–Kier alpha value is -1.88. The highest BCUT2D eigenvalue weighted by molar-refractivity contribution is 5.95. The average Bonchev–Trinajstić information content (AvgIpc) is 2.88. The molecule has 2 aliphatic rings. The molecule has 0 radical (unpaired) electrons. The van der Waals surface area contributed by atoms with Crippen LogP contribution in [0, 0.1) is 0 Å². The molecule has 5 heteroatoms. The quantitative estimate of drug-likeness (QED) is 0.870. The number of hydrogen-bond donors (Lipinski definition) is 1. The number of ether oxygens (including phenoxy) is 1. The molecule has 2 fully saturated rings. The van der Waals surface area contributed by atoms with E-state index in [0.29, 0.717) is 6.61 Å². The van der Waals surface area contributed by atoms with Gasteiger partial charge >= 0.3 is 0 Å². The summed E-state index contributed by atoms with van der Waals surface area (Å²) in [5.74, 6) is -0.157. The standard InChI is InChI=1S/C15H18N2O3/c1-10-12(7-8-20-10)17-9-13(18)16-14(15(17)19)11-5-3-2-4-6-11/h2-6,10,12,14H,7-9H2,1H3,(H,16,18). The Bertz CT molecular complexity index is 517. The maximum atomic E-state index is 12.7. The molecule has 0 spiro atoms. The number of hydrogen-bond acceptors (Lipinski definition) is 3. The van der Waals surface area contributed by atoms with E-state index in [2.05, 4.69) is 5.32 Å². The molecular weight excluding hydrogens is 256 g/mol. The van der Waals surface area contributed by atoms with Crippen LogP contribution in [0.5, 0.6) is 0 Å². The summed E-state index contributed by atoms with van der Waals surface area (Å²) in [6, 6.07) is 8.78. The molecule has 1 N–H and O–H groups in total. The molecule has 0 aliphatic carbocycles. The van der Waals surface area contributed by atoms with Crippen LogP contribution < -0.4 is 5.32 Å². The van der Waals surface area contributed by atoms with Crippen LogP contribution in [-0.4, -0.2) is 42.0 Å². The van der Waals surface area contributed by atoms with Crippen molar-refractivity contribution >= 4 is 11.8 Å². The highest BCUT2D eigenvalue weighted by atomic mass is 16.5. The number of benzene rings is 1. The summed E-state index contributed by atoms with van der Waals surface area (Å²) in [6.07, 6.45) is 0.781. The molecule has 2 heterocycles. The normalized spacial score (nSPS) is 30.4. The Kier molecular flexibility index (Phi) is 3.44. The summed E-state index contributed by atoms with van der Waals surface area (Å²) in [4.78, 5) is 26.3. The molecule has 106 valence electrons. The van der Waals surface area contributed by atoms with Crippen molar-refractivity contribution < 1.29 is 14.3 Å². The summed E-state index contributed by atoms with van der Waals surface area (Å²) in [6.45, 7) is 2.72. The van der Waals surface area contributed by atoms with Gasteiger partial charge in [0.25, 0.3) is 5.91 Å². The topological polar surface area (TPSA) is 58.6 Å². The maximum Gasteiger partial charge on any atom is 0.250 e. The second kappa shape index (κ2) is 5.25. The summed E-state index contributed by atoms with van der Waals surface area (Å²) < 4.78 is 5.52. The second-order valence-corrected chi connectivity index (χ2v) is 5.31. The van der Waals surface area contributed by atoms with Crippen molar-refractivity contribution in [1.82, 2.24) is 10.2 Å². The minimum atomic E-state index is -0.578. The zero-order chi connectivity index (χ0) is 14.1. The molecule has 1 aromatic carbocycles. The molecule has 3 atom stereocenters. The molecule has 1 aromatic rings. The monoisotopic (exact) mass is 274 g/mol. The lowest BCUT2D eigenvalue weighted by Crippen LogP contribution is -2.58. The van der Waals surface area contributed by atoms with Crippen LogP contribution in [0.1, 0.15) is 24.9 Å². The van der Waals surface area contributed by atoms with Crippen LogP contribution in [0.4, 0.5) is 0 Å². The lowest BCUT2D eigenvalue weighted by atomic mass is 10.0. The summed E-state index contributed by atoms with van der Waals surface area (Å²) in [5.41, 5.74) is 0.821. The minimum Gasteiger partial charge on any atom is -0.376 e. The lowest BCUT2D eigenvalue weighted by Gasteiger charge is -2.37. The van der Waals surface area contributed by atoms with Gasteiger partial charge in [-0.2, -0.15) is 0 Å². The molecule has 5 nitrogen and oxygen atoms in total.